The number of nitrogens with zero attached hydrogens (tertiary/aromatic N) is 1. The SMILES string of the molecule is COc1ccc(NC(=O)COc2c(Br)cc(/C=N/NC(=O)c3ccccc3)cc2OC)cc1. The van der Waals surface area contributed by atoms with Gasteiger partial charge >= 0.3 is 0 Å². The minimum absolute atomic E-state index is 0.221. The molecule has 33 heavy (non-hydrogen) atoms. The number of carbonyl (C=O) groups is 2. The maximum atomic E-state index is 12.3. The van der Waals surface area contributed by atoms with E-state index in [-0.39, 0.29) is 18.4 Å². The Labute approximate surface area is 199 Å². The predicted octanol–water partition coefficient (Wildman–Crippen LogP) is 4.25. The fourth-order valence-electron chi connectivity index (χ4n) is 2.78. The normalized spacial score (nSPS) is 10.5. The van der Waals surface area contributed by atoms with Crippen molar-refractivity contribution in [2.75, 3.05) is 26.1 Å². The lowest BCUT2D eigenvalue weighted by Gasteiger charge is -2.13. The Hall–Kier alpha value is -3.85. The van der Waals surface area contributed by atoms with Crippen LogP contribution in [0.1, 0.15) is 15.9 Å². The highest BCUT2D eigenvalue weighted by Gasteiger charge is 2.13. The zero-order valence-electron chi connectivity index (χ0n) is 18.0. The summed E-state index contributed by atoms with van der Waals surface area (Å²) in [4.78, 5) is 24.3. The number of carbonyl (C=O) groups excluding carboxylic acids is 2. The lowest BCUT2D eigenvalue weighted by molar-refractivity contribution is -0.118. The van der Waals surface area contributed by atoms with E-state index in [1.54, 1.807) is 67.8 Å². The summed E-state index contributed by atoms with van der Waals surface area (Å²) in [5.41, 5.74) is 4.26. The molecule has 0 saturated carbocycles. The molecule has 0 aromatic heterocycles. The number of methoxy groups -OCH3 is 2. The lowest BCUT2D eigenvalue weighted by atomic mass is 10.2. The Morgan fingerprint density at radius 1 is 1.00 bits per heavy atom. The van der Waals surface area contributed by atoms with E-state index in [9.17, 15) is 9.59 Å². The molecule has 0 aliphatic carbocycles. The maximum Gasteiger partial charge on any atom is 0.271 e. The Balaban J connectivity index is 1.61. The van der Waals surface area contributed by atoms with Crippen LogP contribution in [0.25, 0.3) is 0 Å². The van der Waals surface area contributed by atoms with Crippen molar-refractivity contribution >= 4 is 39.6 Å². The molecule has 3 aromatic carbocycles. The Kier molecular flexibility index (Phi) is 8.43. The Morgan fingerprint density at radius 3 is 2.39 bits per heavy atom. The summed E-state index contributed by atoms with van der Waals surface area (Å²) in [5.74, 6) is 0.815. The van der Waals surface area contributed by atoms with Gasteiger partial charge in [-0.3, -0.25) is 9.59 Å². The van der Waals surface area contributed by atoms with E-state index in [1.807, 2.05) is 6.07 Å². The molecule has 2 N–H and O–H groups in total. The zero-order chi connectivity index (χ0) is 23.6. The van der Waals surface area contributed by atoms with Gasteiger partial charge in [-0.25, -0.2) is 5.43 Å². The van der Waals surface area contributed by atoms with Crippen LogP contribution in [0.4, 0.5) is 5.69 Å². The largest absolute Gasteiger partial charge is 0.497 e. The molecule has 9 heteroatoms. The highest BCUT2D eigenvalue weighted by Crippen LogP contribution is 2.36. The number of hydrogen-bond acceptors (Lipinski definition) is 6. The third-order valence-corrected chi connectivity index (χ3v) is 4.98. The van der Waals surface area contributed by atoms with Crippen molar-refractivity contribution in [2.24, 2.45) is 5.10 Å². The predicted molar refractivity (Wildman–Crippen MR) is 129 cm³/mol. The first kappa shape index (κ1) is 23.8. The molecule has 0 atom stereocenters. The van der Waals surface area contributed by atoms with Crippen LogP contribution in [-0.2, 0) is 4.79 Å². The van der Waals surface area contributed by atoms with E-state index >= 15 is 0 Å². The molecule has 0 fully saturated rings. The third kappa shape index (κ3) is 6.81. The molecule has 8 nitrogen and oxygen atoms in total. The van der Waals surface area contributed by atoms with Gasteiger partial charge in [0, 0.05) is 11.3 Å². The van der Waals surface area contributed by atoms with Gasteiger partial charge in [-0.1, -0.05) is 18.2 Å². The summed E-state index contributed by atoms with van der Waals surface area (Å²) in [5, 5.41) is 6.73. The van der Waals surface area contributed by atoms with Crippen LogP contribution >= 0.6 is 15.9 Å². The molecular formula is C24H22BrN3O5. The number of hydrazone groups is 1. The van der Waals surface area contributed by atoms with E-state index in [0.29, 0.717) is 38.5 Å². The van der Waals surface area contributed by atoms with E-state index in [1.165, 1.54) is 13.3 Å². The highest BCUT2D eigenvalue weighted by molar-refractivity contribution is 9.10. The van der Waals surface area contributed by atoms with Crippen molar-refractivity contribution in [2.45, 2.75) is 0 Å². The molecule has 0 heterocycles. The first-order valence-electron chi connectivity index (χ1n) is 9.83. The summed E-state index contributed by atoms with van der Waals surface area (Å²) in [7, 11) is 3.06. The first-order valence-corrected chi connectivity index (χ1v) is 10.6. The summed E-state index contributed by atoms with van der Waals surface area (Å²) in [6.07, 6.45) is 1.48. The highest BCUT2D eigenvalue weighted by atomic mass is 79.9. The van der Waals surface area contributed by atoms with E-state index in [2.05, 4.69) is 31.8 Å². The molecule has 0 unspecified atom stereocenters. The van der Waals surface area contributed by atoms with Crippen LogP contribution in [0.5, 0.6) is 17.2 Å². The van der Waals surface area contributed by atoms with Gasteiger partial charge < -0.3 is 19.5 Å². The van der Waals surface area contributed by atoms with Crippen LogP contribution in [0.2, 0.25) is 0 Å². The summed E-state index contributed by atoms with van der Waals surface area (Å²) < 4.78 is 16.7. The minimum atomic E-state index is -0.330. The average Bonchev–Trinajstić information content (AvgIpc) is 2.84. The number of amides is 2. The molecule has 0 aliphatic rings. The summed E-state index contributed by atoms with van der Waals surface area (Å²) in [6.45, 7) is -0.221. The van der Waals surface area contributed by atoms with Crippen molar-refractivity contribution in [3.63, 3.8) is 0 Å². The fourth-order valence-corrected chi connectivity index (χ4v) is 3.36. The van der Waals surface area contributed by atoms with Crippen LogP contribution in [0.15, 0.2) is 76.3 Å². The molecule has 0 saturated heterocycles. The van der Waals surface area contributed by atoms with Gasteiger partial charge in [-0.05, 0) is 70.0 Å². The van der Waals surface area contributed by atoms with Crippen LogP contribution < -0.4 is 25.0 Å². The van der Waals surface area contributed by atoms with E-state index in [4.69, 9.17) is 14.2 Å². The van der Waals surface area contributed by atoms with Crippen molar-refractivity contribution in [3.05, 3.63) is 82.3 Å². The quantitative estimate of drug-likeness (QED) is 0.330. The van der Waals surface area contributed by atoms with Crippen molar-refractivity contribution in [1.82, 2.24) is 5.43 Å². The smallest absolute Gasteiger partial charge is 0.271 e. The number of ether oxygens (including phenoxy) is 3. The number of halogens is 1. The first-order chi connectivity index (χ1) is 16.0. The van der Waals surface area contributed by atoms with Gasteiger partial charge in [0.1, 0.15) is 5.75 Å². The minimum Gasteiger partial charge on any atom is -0.497 e. The molecule has 0 radical (unpaired) electrons. The Bertz CT molecular complexity index is 1130. The second-order valence-electron chi connectivity index (χ2n) is 6.66. The van der Waals surface area contributed by atoms with Gasteiger partial charge in [0.25, 0.3) is 11.8 Å². The molecule has 3 aromatic rings. The Morgan fingerprint density at radius 2 is 1.73 bits per heavy atom. The van der Waals surface area contributed by atoms with Gasteiger partial charge in [0.2, 0.25) is 0 Å². The molecule has 2 amide bonds. The number of nitrogens with one attached hydrogen (secondary N) is 2. The second kappa shape index (κ2) is 11.7. The second-order valence-corrected chi connectivity index (χ2v) is 7.52. The molecular weight excluding hydrogens is 490 g/mol. The van der Waals surface area contributed by atoms with E-state index < -0.39 is 0 Å². The van der Waals surface area contributed by atoms with Gasteiger partial charge in [0.15, 0.2) is 18.1 Å². The number of anilines is 1. The molecule has 0 bridgehead atoms. The summed E-state index contributed by atoms with van der Waals surface area (Å²) >= 11 is 3.43. The lowest BCUT2D eigenvalue weighted by Crippen LogP contribution is -2.20. The van der Waals surface area contributed by atoms with Crippen LogP contribution in [0.3, 0.4) is 0 Å². The van der Waals surface area contributed by atoms with Crippen LogP contribution in [-0.4, -0.2) is 38.9 Å². The summed E-state index contributed by atoms with van der Waals surface area (Å²) in [6, 6.07) is 19.1. The average molecular weight is 512 g/mol. The third-order valence-electron chi connectivity index (χ3n) is 4.39. The van der Waals surface area contributed by atoms with Crippen molar-refractivity contribution < 1.29 is 23.8 Å². The number of hydrogen-bond donors (Lipinski definition) is 2. The maximum absolute atomic E-state index is 12.3. The van der Waals surface area contributed by atoms with Gasteiger partial charge in [-0.2, -0.15) is 5.10 Å². The monoisotopic (exact) mass is 511 g/mol. The van der Waals surface area contributed by atoms with E-state index in [0.717, 1.165) is 0 Å². The fraction of sp³-hybridized carbons (Fsp3) is 0.125. The topological polar surface area (TPSA) is 98.3 Å². The van der Waals surface area contributed by atoms with Crippen LogP contribution in [0, 0.1) is 0 Å². The standard InChI is InChI=1S/C24H22BrN3O5/c1-31-19-10-8-18(9-11-19)27-22(29)15-33-23-20(25)12-16(13-21(23)32-2)14-26-28-24(30)17-6-4-3-5-7-17/h3-14H,15H2,1-2H3,(H,27,29)(H,28,30)/b26-14+. The molecule has 0 spiro atoms. The number of benzene rings is 3. The molecule has 170 valence electrons. The van der Waals surface area contributed by atoms with Crippen molar-refractivity contribution in [3.8, 4) is 17.2 Å². The van der Waals surface area contributed by atoms with Crippen molar-refractivity contribution in [1.29, 1.82) is 0 Å². The zero-order valence-corrected chi connectivity index (χ0v) is 19.6. The molecule has 0 aliphatic heterocycles. The van der Waals surface area contributed by atoms with Gasteiger partial charge in [0.05, 0.1) is 24.9 Å². The number of rotatable bonds is 9. The van der Waals surface area contributed by atoms with Gasteiger partial charge in [-0.15, -0.1) is 0 Å². The molecule has 3 rings (SSSR count).